The Labute approximate surface area is 268 Å². The third-order valence-corrected chi connectivity index (χ3v) is 8.40. The molecule has 1 aromatic rings. The molecule has 2 rings (SSSR count). The van der Waals surface area contributed by atoms with Crippen molar-refractivity contribution in [1.29, 1.82) is 0 Å². The van der Waals surface area contributed by atoms with Gasteiger partial charge in [0, 0.05) is 32.2 Å². The van der Waals surface area contributed by atoms with Gasteiger partial charge in [-0.15, -0.1) is 11.8 Å². The summed E-state index contributed by atoms with van der Waals surface area (Å²) in [6, 6.07) is 8.03. The van der Waals surface area contributed by atoms with E-state index in [0.717, 1.165) is 56.9 Å². The Hall–Kier alpha value is -1.89. The van der Waals surface area contributed by atoms with Gasteiger partial charge in [-0.25, -0.2) is 9.59 Å². The number of carbonyl (C=O) groups excluding carboxylic acids is 1. The summed E-state index contributed by atoms with van der Waals surface area (Å²) >= 11 is 1.29. The molecule has 1 fully saturated rings. The Balaban J connectivity index is 2.21. The average molecular weight is 642 g/mol. The number of amides is 1. The van der Waals surface area contributed by atoms with Gasteiger partial charge in [0.25, 0.3) is 0 Å². The second-order valence-corrected chi connectivity index (χ2v) is 12.1. The number of ether oxygens (including phenoxy) is 6. The van der Waals surface area contributed by atoms with Gasteiger partial charge >= 0.3 is 12.1 Å². The number of alkyl carbamates (subject to hydrolysis) is 1. The van der Waals surface area contributed by atoms with E-state index < -0.39 is 48.0 Å². The van der Waals surface area contributed by atoms with Gasteiger partial charge in [0.05, 0.1) is 6.61 Å². The van der Waals surface area contributed by atoms with Crippen LogP contribution in [0.2, 0.25) is 0 Å². The van der Waals surface area contributed by atoms with Crippen LogP contribution in [0.5, 0.6) is 0 Å². The first-order chi connectivity index (χ1) is 21.4. The first kappa shape index (κ1) is 38.3. The van der Waals surface area contributed by atoms with E-state index in [-0.39, 0.29) is 12.4 Å². The zero-order chi connectivity index (χ0) is 32.0. The van der Waals surface area contributed by atoms with Crippen molar-refractivity contribution < 1.29 is 43.1 Å². The van der Waals surface area contributed by atoms with Crippen LogP contribution in [0.15, 0.2) is 30.3 Å². The SMILES string of the molecule is CCCCOCC1OC(SC[C@H](NC(=O)OCc2ccccc2)C(=O)O)C(OCCCC)C(OCCCC)C1OCCCC. The molecule has 0 radical (unpaired) electrons. The van der Waals surface area contributed by atoms with Crippen LogP contribution in [0.4, 0.5) is 4.79 Å². The number of carbonyl (C=O) groups is 2. The second-order valence-electron chi connectivity index (χ2n) is 11.0. The Bertz CT molecular complexity index is 893. The van der Waals surface area contributed by atoms with Gasteiger partial charge < -0.3 is 38.8 Å². The van der Waals surface area contributed by atoms with Crippen LogP contribution in [0.1, 0.15) is 84.6 Å². The number of nitrogens with one attached hydrogen (secondary N) is 1. The minimum Gasteiger partial charge on any atom is -0.480 e. The summed E-state index contributed by atoms with van der Waals surface area (Å²) in [5.74, 6) is -1.12. The van der Waals surface area contributed by atoms with Crippen molar-refractivity contribution in [1.82, 2.24) is 5.32 Å². The molecule has 1 aliphatic heterocycles. The standard InChI is InChI=1S/C33H55NO9S/c1-5-9-18-38-23-27-28(39-19-10-6-2)29(40-20-11-7-3)30(41-21-12-8-4)32(43-27)44-24-26(31(35)36)34-33(37)42-22-25-16-14-13-15-17-25/h13-17,26-30,32H,5-12,18-24H2,1-4H3,(H,34,37)(H,35,36)/t26-,27?,28?,29?,30?,32?/m0/s1. The predicted octanol–water partition coefficient (Wildman–Crippen LogP) is 6.20. The highest BCUT2D eigenvalue weighted by Crippen LogP contribution is 2.35. The van der Waals surface area contributed by atoms with Crippen molar-refractivity contribution >= 4 is 23.8 Å². The van der Waals surface area contributed by atoms with Crippen molar-refractivity contribution in [3.63, 3.8) is 0 Å². The molecule has 0 aromatic heterocycles. The lowest BCUT2D eigenvalue weighted by Crippen LogP contribution is -2.61. The maximum absolute atomic E-state index is 12.5. The fourth-order valence-electron chi connectivity index (χ4n) is 4.52. The van der Waals surface area contributed by atoms with Gasteiger partial charge in [0.1, 0.15) is 42.5 Å². The van der Waals surface area contributed by atoms with E-state index in [1.165, 1.54) is 11.8 Å². The topological polar surface area (TPSA) is 122 Å². The number of rotatable bonds is 24. The molecule has 1 aromatic carbocycles. The van der Waals surface area contributed by atoms with Gasteiger partial charge in [0.2, 0.25) is 0 Å². The average Bonchev–Trinajstić information content (AvgIpc) is 3.02. The van der Waals surface area contributed by atoms with Crippen LogP contribution in [-0.4, -0.2) is 91.9 Å². The van der Waals surface area contributed by atoms with E-state index in [2.05, 4.69) is 33.0 Å². The Morgan fingerprint density at radius 3 is 2.00 bits per heavy atom. The zero-order valence-electron chi connectivity index (χ0n) is 27.1. The summed E-state index contributed by atoms with van der Waals surface area (Å²) in [6.07, 6.45) is 5.05. The quantitative estimate of drug-likeness (QED) is 0.126. The molecular weight excluding hydrogens is 586 g/mol. The lowest BCUT2D eigenvalue weighted by atomic mass is 9.99. The summed E-state index contributed by atoms with van der Waals surface area (Å²) in [4.78, 5) is 24.7. The smallest absolute Gasteiger partial charge is 0.408 e. The Morgan fingerprint density at radius 1 is 0.841 bits per heavy atom. The second kappa shape index (κ2) is 23.4. The van der Waals surface area contributed by atoms with Crippen molar-refractivity contribution in [2.24, 2.45) is 0 Å². The lowest BCUT2D eigenvalue weighted by Gasteiger charge is -2.46. The molecule has 6 atom stereocenters. The minimum absolute atomic E-state index is 0.0422. The van der Waals surface area contributed by atoms with Gasteiger partial charge in [-0.2, -0.15) is 0 Å². The number of hydrogen-bond acceptors (Lipinski definition) is 9. The van der Waals surface area contributed by atoms with Crippen LogP contribution in [0.3, 0.4) is 0 Å². The fourth-order valence-corrected chi connectivity index (χ4v) is 5.78. The number of carboxylic acids is 1. The first-order valence-electron chi connectivity index (χ1n) is 16.3. The molecule has 11 heteroatoms. The van der Waals surface area contributed by atoms with Gasteiger partial charge in [-0.05, 0) is 31.2 Å². The number of benzene rings is 1. The summed E-state index contributed by atoms with van der Waals surface area (Å²) in [5.41, 5.74) is 0.247. The highest BCUT2D eigenvalue weighted by Gasteiger charge is 2.48. The highest BCUT2D eigenvalue weighted by molar-refractivity contribution is 7.99. The number of unbranched alkanes of at least 4 members (excludes halogenated alkanes) is 4. The van der Waals surface area contributed by atoms with Crippen LogP contribution in [-0.2, 0) is 39.8 Å². The first-order valence-corrected chi connectivity index (χ1v) is 17.4. The van der Waals surface area contributed by atoms with Crippen LogP contribution < -0.4 is 5.32 Å². The van der Waals surface area contributed by atoms with Crippen LogP contribution >= 0.6 is 11.8 Å². The van der Waals surface area contributed by atoms with Gasteiger partial charge in [-0.3, -0.25) is 0 Å². The molecule has 10 nitrogen and oxygen atoms in total. The van der Waals surface area contributed by atoms with Crippen LogP contribution in [0.25, 0.3) is 0 Å². The summed E-state index contributed by atoms with van der Waals surface area (Å²) in [5, 5.41) is 12.4. The summed E-state index contributed by atoms with van der Waals surface area (Å²) in [7, 11) is 0. The minimum atomic E-state index is -1.19. The molecule has 0 aliphatic carbocycles. The molecular formula is C33H55NO9S. The molecule has 1 saturated heterocycles. The third-order valence-electron chi connectivity index (χ3n) is 7.17. The molecule has 44 heavy (non-hydrogen) atoms. The van der Waals surface area contributed by atoms with E-state index in [4.69, 9.17) is 28.4 Å². The summed E-state index contributed by atoms with van der Waals surface area (Å²) < 4.78 is 37.2. The van der Waals surface area contributed by atoms with E-state index in [0.29, 0.717) is 33.0 Å². The predicted molar refractivity (Wildman–Crippen MR) is 172 cm³/mol. The van der Waals surface area contributed by atoms with Crippen molar-refractivity contribution in [3.05, 3.63) is 35.9 Å². The maximum atomic E-state index is 12.5. The molecule has 0 bridgehead atoms. The molecule has 2 N–H and O–H groups in total. The van der Waals surface area contributed by atoms with Crippen molar-refractivity contribution in [3.8, 4) is 0 Å². The van der Waals surface area contributed by atoms with E-state index in [1.54, 1.807) is 0 Å². The van der Waals surface area contributed by atoms with E-state index >= 15 is 0 Å². The Kier molecular flexibility index (Phi) is 20.4. The lowest BCUT2D eigenvalue weighted by molar-refractivity contribution is -0.247. The monoisotopic (exact) mass is 641 g/mol. The third kappa shape index (κ3) is 14.5. The van der Waals surface area contributed by atoms with Crippen molar-refractivity contribution in [2.45, 2.75) is 122 Å². The number of thioether (sulfide) groups is 1. The van der Waals surface area contributed by atoms with Crippen LogP contribution in [0, 0.1) is 0 Å². The number of hydrogen-bond donors (Lipinski definition) is 2. The van der Waals surface area contributed by atoms with Gasteiger partial charge in [-0.1, -0.05) is 83.7 Å². The molecule has 252 valence electrons. The number of aliphatic carboxylic acids is 1. The molecule has 1 amide bonds. The summed E-state index contributed by atoms with van der Waals surface area (Å²) in [6.45, 7) is 11.1. The molecule has 0 spiro atoms. The van der Waals surface area contributed by atoms with Gasteiger partial charge in [0.15, 0.2) is 0 Å². The fraction of sp³-hybridized carbons (Fsp3) is 0.758. The largest absolute Gasteiger partial charge is 0.480 e. The highest BCUT2D eigenvalue weighted by atomic mass is 32.2. The molecule has 1 heterocycles. The molecule has 0 saturated carbocycles. The molecule has 1 aliphatic rings. The zero-order valence-corrected chi connectivity index (χ0v) is 27.9. The maximum Gasteiger partial charge on any atom is 0.408 e. The molecule has 5 unspecified atom stereocenters. The van der Waals surface area contributed by atoms with E-state index in [1.807, 2.05) is 30.3 Å². The normalized spacial score (nSPS) is 22.4. The van der Waals surface area contributed by atoms with Crippen molar-refractivity contribution in [2.75, 3.05) is 38.8 Å². The number of carboxylic acid groups (broad SMARTS) is 1. The van der Waals surface area contributed by atoms with E-state index in [9.17, 15) is 14.7 Å². The Morgan fingerprint density at radius 2 is 1.41 bits per heavy atom.